The smallest absolute Gasteiger partial charge is 0.253 e. The highest BCUT2D eigenvalue weighted by Gasteiger charge is 2.35. The first-order valence-electron chi connectivity index (χ1n) is 8.41. The summed E-state index contributed by atoms with van der Waals surface area (Å²) in [4.78, 5) is 14.8. The maximum absolute atomic E-state index is 12.9. The van der Waals surface area contributed by atoms with Gasteiger partial charge in [0.2, 0.25) is 0 Å². The number of tetrazole rings is 1. The van der Waals surface area contributed by atoms with Gasteiger partial charge in [-0.05, 0) is 47.2 Å². The van der Waals surface area contributed by atoms with Gasteiger partial charge in [-0.3, -0.25) is 9.48 Å². The van der Waals surface area contributed by atoms with E-state index in [1.165, 1.54) is 6.33 Å². The van der Waals surface area contributed by atoms with Crippen molar-refractivity contribution in [1.29, 1.82) is 0 Å². The number of aryl methyl sites for hydroxylation is 2. The van der Waals surface area contributed by atoms with Crippen molar-refractivity contribution in [3.05, 3.63) is 53.6 Å². The summed E-state index contributed by atoms with van der Waals surface area (Å²) in [5, 5.41) is 15.4. The van der Waals surface area contributed by atoms with Crippen LogP contribution in [0.15, 0.2) is 36.8 Å². The van der Waals surface area contributed by atoms with Crippen molar-refractivity contribution in [2.45, 2.75) is 18.9 Å². The lowest BCUT2D eigenvalue weighted by Gasteiger charge is -2.17. The van der Waals surface area contributed by atoms with Crippen molar-refractivity contribution >= 4 is 5.91 Å². The zero-order valence-corrected chi connectivity index (χ0v) is 14.6. The minimum absolute atomic E-state index is 0.0171. The monoisotopic (exact) mass is 352 g/mol. The normalized spacial score (nSPS) is 19.9. The van der Waals surface area contributed by atoms with E-state index in [-0.39, 0.29) is 17.9 Å². The van der Waals surface area contributed by atoms with Gasteiger partial charge in [0, 0.05) is 49.6 Å². The Morgan fingerprint density at radius 2 is 2.12 bits per heavy atom. The van der Waals surface area contributed by atoms with Gasteiger partial charge in [-0.1, -0.05) is 0 Å². The molecule has 3 aromatic rings. The quantitative estimate of drug-likeness (QED) is 0.725. The van der Waals surface area contributed by atoms with E-state index in [0.717, 1.165) is 16.9 Å². The molecule has 0 radical (unpaired) electrons. The molecule has 0 bridgehead atoms. The lowest BCUT2D eigenvalue weighted by atomic mass is 10.0. The summed E-state index contributed by atoms with van der Waals surface area (Å²) in [6, 6.07) is 7.38. The van der Waals surface area contributed by atoms with Crippen molar-refractivity contribution in [3.8, 4) is 5.69 Å². The molecular weight excluding hydrogens is 332 g/mol. The largest absolute Gasteiger partial charge is 0.336 e. The molecule has 0 aliphatic carbocycles. The van der Waals surface area contributed by atoms with Crippen LogP contribution in [-0.2, 0) is 7.05 Å². The Labute approximate surface area is 150 Å². The van der Waals surface area contributed by atoms with Gasteiger partial charge >= 0.3 is 0 Å². The number of hydrogen-bond acceptors (Lipinski definition) is 6. The summed E-state index contributed by atoms with van der Waals surface area (Å²) in [5.74, 6) is 0.0736. The fourth-order valence-electron chi connectivity index (χ4n) is 3.56. The molecule has 1 aliphatic rings. The third kappa shape index (κ3) is 2.76. The van der Waals surface area contributed by atoms with Gasteiger partial charge < -0.3 is 10.6 Å². The SMILES string of the molecule is Cc1cc(C(=O)N2C[C@@H](N)[C@H](c3ccnn3C)C2)ccc1-n1cnnn1. The number of carbonyl (C=O) groups excluding carboxylic acids is 1. The summed E-state index contributed by atoms with van der Waals surface area (Å²) < 4.78 is 3.40. The molecule has 4 rings (SSSR count). The molecule has 0 unspecified atom stereocenters. The average molecular weight is 352 g/mol. The minimum Gasteiger partial charge on any atom is -0.336 e. The highest BCUT2D eigenvalue weighted by molar-refractivity contribution is 5.95. The molecular formula is C17H20N8O. The van der Waals surface area contributed by atoms with E-state index in [0.29, 0.717) is 18.7 Å². The van der Waals surface area contributed by atoms with Crippen LogP contribution in [-0.4, -0.2) is 59.9 Å². The van der Waals surface area contributed by atoms with Gasteiger partial charge in [0.25, 0.3) is 5.91 Å². The van der Waals surface area contributed by atoms with Crippen molar-refractivity contribution in [1.82, 2.24) is 34.9 Å². The van der Waals surface area contributed by atoms with Gasteiger partial charge in [0.1, 0.15) is 6.33 Å². The van der Waals surface area contributed by atoms with Crippen LogP contribution in [0.25, 0.3) is 5.69 Å². The van der Waals surface area contributed by atoms with Gasteiger partial charge in [-0.15, -0.1) is 5.10 Å². The van der Waals surface area contributed by atoms with Crippen LogP contribution in [0.4, 0.5) is 0 Å². The second-order valence-corrected chi connectivity index (χ2v) is 6.62. The summed E-state index contributed by atoms with van der Waals surface area (Å²) in [5.41, 5.74) is 9.76. The van der Waals surface area contributed by atoms with Gasteiger partial charge in [0.15, 0.2) is 0 Å². The molecule has 2 atom stereocenters. The molecule has 9 nitrogen and oxygen atoms in total. The van der Waals surface area contributed by atoms with E-state index in [1.54, 1.807) is 16.9 Å². The zero-order chi connectivity index (χ0) is 18.3. The van der Waals surface area contributed by atoms with E-state index in [9.17, 15) is 4.79 Å². The van der Waals surface area contributed by atoms with Crippen LogP contribution in [0, 0.1) is 6.92 Å². The molecule has 0 saturated carbocycles. The molecule has 2 N–H and O–H groups in total. The molecule has 26 heavy (non-hydrogen) atoms. The second kappa shape index (κ2) is 6.34. The van der Waals surface area contributed by atoms with Gasteiger partial charge in [0.05, 0.1) is 5.69 Å². The molecule has 1 amide bonds. The number of carbonyl (C=O) groups is 1. The Kier molecular flexibility index (Phi) is 4.00. The Morgan fingerprint density at radius 1 is 1.27 bits per heavy atom. The first-order chi connectivity index (χ1) is 12.5. The van der Waals surface area contributed by atoms with Crippen molar-refractivity contribution in [2.75, 3.05) is 13.1 Å². The number of nitrogens with two attached hydrogens (primary N) is 1. The van der Waals surface area contributed by atoms with Gasteiger partial charge in [-0.2, -0.15) is 5.10 Å². The van der Waals surface area contributed by atoms with Crippen LogP contribution in [0.1, 0.15) is 27.5 Å². The number of nitrogens with zero attached hydrogens (tertiary/aromatic N) is 7. The topological polar surface area (TPSA) is 108 Å². The third-order valence-electron chi connectivity index (χ3n) is 4.93. The van der Waals surface area contributed by atoms with Gasteiger partial charge in [-0.25, -0.2) is 4.68 Å². The average Bonchev–Trinajstić information content (AvgIpc) is 3.35. The van der Waals surface area contributed by atoms with Crippen LogP contribution < -0.4 is 5.73 Å². The number of amides is 1. The van der Waals surface area contributed by atoms with E-state index >= 15 is 0 Å². The van der Waals surface area contributed by atoms with Crippen molar-refractivity contribution < 1.29 is 4.79 Å². The first-order valence-corrected chi connectivity index (χ1v) is 8.41. The molecule has 1 fully saturated rings. The van der Waals surface area contributed by atoms with Crippen LogP contribution in [0.3, 0.4) is 0 Å². The number of hydrogen-bond donors (Lipinski definition) is 1. The number of aromatic nitrogens is 6. The molecule has 1 aliphatic heterocycles. The first kappa shape index (κ1) is 16.4. The standard InChI is InChI=1S/C17H20N8O/c1-11-7-12(3-4-15(11)25-10-19-21-22-25)17(26)24-8-13(14(18)9-24)16-5-6-20-23(16)2/h3-7,10,13-14H,8-9,18H2,1-2H3/t13-,14-/m1/s1. The minimum atomic E-state index is -0.101. The predicted molar refractivity (Wildman–Crippen MR) is 93.7 cm³/mol. The lowest BCUT2D eigenvalue weighted by molar-refractivity contribution is 0.0789. The summed E-state index contributed by atoms with van der Waals surface area (Å²) in [6.45, 7) is 3.05. The summed E-state index contributed by atoms with van der Waals surface area (Å²) in [7, 11) is 1.90. The van der Waals surface area contributed by atoms with E-state index in [1.807, 2.05) is 41.8 Å². The zero-order valence-electron chi connectivity index (χ0n) is 14.6. The van der Waals surface area contributed by atoms with Crippen LogP contribution in [0.5, 0.6) is 0 Å². The summed E-state index contributed by atoms with van der Waals surface area (Å²) >= 11 is 0. The lowest BCUT2D eigenvalue weighted by Crippen LogP contribution is -2.32. The molecule has 1 aromatic carbocycles. The summed E-state index contributed by atoms with van der Waals surface area (Å²) in [6.07, 6.45) is 3.29. The Balaban J connectivity index is 1.55. The Hall–Kier alpha value is -3.07. The van der Waals surface area contributed by atoms with Crippen LogP contribution in [0.2, 0.25) is 0 Å². The molecule has 0 spiro atoms. The fourth-order valence-corrected chi connectivity index (χ4v) is 3.56. The van der Waals surface area contributed by atoms with Crippen molar-refractivity contribution in [3.63, 3.8) is 0 Å². The number of benzene rings is 1. The van der Waals surface area contributed by atoms with Crippen molar-refractivity contribution in [2.24, 2.45) is 12.8 Å². The maximum atomic E-state index is 12.9. The molecule has 9 heteroatoms. The highest BCUT2D eigenvalue weighted by atomic mass is 16.2. The predicted octanol–water partition coefficient (Wildman–Crippen LogP) is 0.271. The Bertz CT molecular complexity index is 932. The van der Waals surface area contributed by atoms with Crippen LogP contribution >= 0.6 is 0 Å². The Morgan fingerprint density at radius 3 is 2.77 bits per heavy atom. The maximum Gasteiger partial charge on any atom is 0.253 e. The van der Waals surface area contributed by atoms with E-state index in [4.69, 9.17) is 5.73 Å². The van der Waals surface area contributed by atoms with E-state index < -0.39 is 0 Å². The molecule has 3 heterocycles. The number of likely N-dealkylation sites (tertiary alicyclic amines) is 1. The number of rotatable bonds is 3. The molecule has 2 aromatic heterocycles. The van der Waals surface area contributed by atoms with E-state index in [2.05, 4.69) is 20.6 Å². The third-order valence-corrected chi connectivity index (χ3v) is 4.93. The second-order valence-electron chi connectivity index (χ2n) is 6.62. The molecule has 1 saturated heterocycles. The highest BCUT2D eigenvalue weighted by Crippen LogP contribution is 2.27. The fraction of sp³-hybridized carbons (Fsp3) is 0.353. The molecule has 134 valence electrons.